The molecule has 2 N–H and O–H groups in total. The number of nitro groups is 1. The SMILES string of the molecule is CC1COCCN1S(=O)(=O)c1ccc(N)c([N+](=O)[O-])c1. The van der Waals surface area contributed by atoms with E-state index in [0.29, 0.717) is 13.2 Å². The Morgan fingerprint density at radius 2 is 2.20 bits per heavy atom. The first-order valence-corrected chi connectivity index (χ1v) is 7.41. The zero-order valence-corrected chi connectivity index (χ0v) is 11.7. The van der Waals surface area contributed by atoms with E-state index in [1.54, 1.807) is 6.92 Å². The molecule has 0 bridgehead atoms. The van der Waals surface area contributed by atoms with Gasteiger partial charge in [-0.25, -0.2) is 8.42 Å². The fourth-order valence-electron chi connectivity index (χ4n) is 2.05. The summed E-state index contributed by atoms with van der Waals surface area (Å²) in [5.41, 5.74) is 4.99. The van der Waals surface area contributed by atoms with Crippen LogP contribution in [0, 0.1) is 10.1 Å². The van der Waals surface area contributed by atoms with Crippen molar-refractivity contribution in [2.45, 2.75) is 17.9 Å². The lowest BCUT2D eigenvalue weighted by molar-refractivity contribution is -0.384. The van der Waals surface area contributed by atoms with Gasteiger partial charge in [-0.3, -0.25) is 10.1 Å². The van der Waals surface area contributed by atoms with Gasteiger partial charge in [0.25, 0.3) is 5.69 Å². The summed E-state index contributed by atoms with van der Waals surface area (Å²) in [5, 5.41) is 10.8. The van der Waals surface area contributed by atoms with Gasteiger partial charge in [-0.2, -0.15) is 4.31 Å². The van der Waals surface area contributed by atoms with E-state index < -0.39 is 20.6 Å². The number of nitrogens with zero attached hydrogens (tertiary/aromatic N) is 2. The lowest BCUT2D eigenvalue weighted by Crippen LogP contribution is -2.46. The fourth-order valence-corrected chi connectivity index (χ4v) is 3.67. The number of hydrogen-bond acceptors (Lipinski definition) is 6. The molecule has 1 atom stereocenters. The molecule has 8 nitrogen and oxygen atoms in total. The Bertz CT molecular complexity index is 631. The molecule has 1 aliphatic rings. The second kappa shape index (κ2) is 5.35. The van der Waals surface area contributed by atoms with Crippen molar-refractivity contribution in [3.8, 4) is 0 Å². The molecule has 20 heavy (non-hydrogen) atoms. The molecule has 1 aromatic carbocycles. The lowest BCUT2D eigenvalue weighted by atomic mass is 10.3. The predicted molar refractivity (Wildman–Crippen MR) is 71.7 cm³/mol. The van der Waals surface area contributed by atoms with Gasteiger partial charge < -0.3 is 10.5 Å². The Morgan fingerprint density at radius 3 is 2.80 bits per heavy atom. The highest BCUT2D eigenvalue weighted by atomic mass is 32.2. The van der Waals surface area contributed by atoms with E-state index in [2.05, 4.69) is 0 Å². The maximum Gasteiger partial charge on any atom is 0.293 e. The van der Waals surface area contributed by atoms with Gasteiger partial charge in [-0.05, 0) is 19.1 Å². The monoisotopic (exact) mass is 301 g/mol. The van der Waals surface area contributed by atoms with Gasteiger partial charge in [-0.1, -0.05) is 0 Å². The van der Waals surface area contributed by atoms with Gasteiger partial charge in [0.1, 0.15) is 5.69 Å². The number of nitro benzene ring substituents is 1. The molecule has 0 spiro atoms. The van der Waals surface area contributed by atoms with Gasteiger partial charge in [-0.15, -0.1) is 0 Å². The molecule has 0 radical (unpaired) electrons. The molecule has 1 aromatic rings. The van der Waals surface area contributed by atoms with Crippen LogP contribution in [0.25, 0.3) is 0 Å². The van der Waals surface area contributed by atoms with Gasteiger partial charge in [0.15, 0.2) is 0 Å². The van der Waals surface area contributed by atoms with Crippen LogP contribution in [0.3, 0.4) is 0 Å². The van der Waals surface area contributed by atoms with Crippen molar-refractivity contribution in [3.63, 3.8) is 0 Å². The van der Waals surface area contributed by atoms with Crippen LogP contribution in [0.4, 0.5) is 11.4 Å². The summed E-state index contributed by atoms with van der Waals surface area (Å²) in [4.78, 5) is 10.0. The standard InChI is InChI=1S/C11H15N3O5S/c1-8-7-19-5-4-13(8)20(17,18)9-2-3-10(12)11(6-9)14(15)16/h2-3,6,8H,4-5,7,12H2,1H3. The van der Waals surface area contributed by atoms with Crippen molar-refractivity contribution in [2.75, 3.05) is 25.5 Å². The van der Waals surface area contributed by atoms with Gasteiger partial charge in [0.05, 0.1) is 23.0 Å². The zero-order valence-electron chi connectivity index (χ0n) is 10.9. The molecule has 1 unspecified atom stereocenters. The predicted octanol–water partition coefficient (Wildman–Crippen LogP) is 0.586. The van der Waals surface area contributed by atoms with Crippen molar-refractivity contribution in [1.29, 1.82) is 0 Å². The number of sulfonamides is 1. The molecular formula is C11H15N3O5S. The number of rotatable bonds is 3. The summed E-state index contributed by atoms with van der Waals surface area (Å²) in [6.07, 6.45) is 0. The first-order chi connectivity index (χ1) is 9.34. The minimum Gasteiger partial charge on any atom is -0.393 e. The Labute approximate surface area is 116 Å². The highest BCUT2D eigenvalue weighted by Crippen LogP contribution is 2.28. The average Bonchev–Trinajstić information content (AvgIpc) is 2.38. The molecule has 2 rings (SSSR count). The Hall–Kier alpha value is -1.71. The third-order valence-electron chi connectivity index (χ3n) is 3.11. The first-order valence-electron chi connectivity index (χ1n) is 5.97. The second-order valence-electron chi connectivity index (χ2n) is 4.52. The molecule has 0 aromatic heterocycles. The van der Waals surface area contributed by atoms with Crippen LogP contribution in [-0.2, 0) is 14.8 Å². The molecule has 0 aliphatic carbocycles. The van der Waals surface area contributed by atoms with E-state index in [4.69, 9.17) is 10.5 Å². The lowest BCUT2D eigenvalue weighted by Gasteiger charge is -2.32. The normalized spacial score (nSPS) is 20.8. The van der Waals surface area contributed by atoms with Crippen LogP contribution in [0.5, 0.6) is 0 Å². The molecule has 1 saturated heterocycles. The molecule has 1 aliphatic heterocycles. The highest BCUT2D eigenvalue weighted by Gasteiger charge is 2.32. The van der Waals surface area contributed by atoms with Crippen LogP contribution >= 0.6 is 0 Å². The smallest absolute Gasteiger partial charge is 0.293 e. The molecule has 1 fully saturated rings. The number of hydrogen-bond donors (Lipinski definition) is 1. The van der Waals surface area contributed by atoms with Crippen molar-refractivity contribution in [3.05, 3.63) is 28.3 Å². The second-order valence-corrected chi connectivity index (χ2v) is 6.41. The topological polar surface area (TPSA) is 116 Å². The van der Waals surface area contributed by atoms with Crippen molar-refractivity contribution >= 4 is 21.4 Å². The van der Waals surface area contributed by atoms with Crippen molar-refractivity contribution in [2.24, 2.45) is 0 Å². The number of benzene rings is 1. The van der Waals surface area contributed by atoms with E-state index >= 15 is 0 Å². The van der Waals surface area contributed by atoms with Crippen LogP contribution < -0.4 is 5.73 Å². The largest absolute Gasteiger partial charge is 0.393 e. The number of ether oxygens (including phenoxy) is 1. The van der Waals surface area contributed by atoms with E-state index in [9.17, 15) is 18.5 Å². The van der Waals surface area contributed by atoms with Crippen molar-refractivity contribution < 1.29 is 18.1 Å². The van der Waals surface area contributed by atoms with Crippen LogP contribution in [0.15, 0.2) is 23.1 Å². The zero-order chi connectivity index (χ0) is 14.9. The summed E-state index contributed by atoms with van der Waals surface area (Å²) in [5.74, 6) is 0. The van der Waals surface area contributed by atoms with Gasteiger partial charge >= 0.3 is 0 Å². The molecule has 0 amide bonds. The maximum atomic E-state index is 12.5. The number of nitrogen functional groups attached to an aromatic ring is 1. The quantitative estimate of drug-likeness (QED) is 0.496. The molecule has 110 valence electrons. The van der Waals surface area contributed by atoms with E-state index in [0.717, 1.165) is 6.07 Å². The number of nitrogens with two attached hydrogens (primary N) is 1. The van der Waals surface area contributed by atoms with Crippen LogP contribution in [0.2, 0.25) is 0 Å². The fraction of sp³-hybridized carbons (Fsp3) is 0.455. The Kier molecular flexibility index (Phi) is 3.93. The Morgan fingerprint density at radius 1 is 1.50 bits per heavy atom. The average molecular weight is 301 g/mol. The summed E-state index contributed by atoms with van der Waals surface area (Å²) in [6, 6.07) is 3.19. The first kappa shape index (κ1) is 14.7. The molecular weight excluding hydrogens is 286 g/mol. The summed E-state index contributed by atoms with van der Waals surface area (Å²) < 4.78 is 31.5. The number of morpholine rings is 1. The van der Waals surface area contributed by atoms with E-state index in [-0.39, 0.29) is 23.2 Å². The van der Waals surface area contributed by atoms with E-state index in [1.165, 1.54) is 16.4 Å². The van der Waals surface area contributed by atoms with Crippen LogP contribution in [0.1, 0.15) is 6.92 Å². The summed E-state index contributed by atoms with van der Waals surface area (Å²) >= 11 is 0. The van der Waals surface area contributed by atoms with Crippen LogP contribution in [-0.4, -0.2) is 43.4 Å². The summed E-state index contributed by atoms with van der Waals surface area (Å²) in [7, 11) is -3.79. The summed E-state index contributed by atoms with van der Waals surface area (Å²) in [6.45, 7) is 2.56. The number of anilines is 1. The third-order valence-corrected chi connectivity index (χ3v) is 5.12. The van der Waals surface area contributed by atoms with Crippen molar-refractivity contribution in [1.82, 2.24) is 4.31 Å². The molecule has 9 heteroatoms. The minimum atomic E-state index is -3.79. The Balaban J connectivity index is 2.44. The maximum absolute atomic E-state index is 12.5. The van der Waals surface area contributed by atoms with Gasteiger partial charge in [0, 0.05) is 18.7 Å². The minimum absolute atomic E-state index is 0.0658. The molecule has 0 saturated carbocycles. The molecule has 1 heterocycles. The van der Waals surface area contributed by atoms with Gasteiger partial charge in [0.2, 0.25) is 10.0 Å². The third kappa shape index (κ3) is 2.60. The van der Waals surface area contributed by atoms with E-state index in [1.807, 2.05) is 0 Å². The highest BCUT2D eigenvalue weighted by molar-refractivity contribution is 7.89.